The Hall–Kier alpha value is -3.48. The Morgan fingerprint density at radius 3 is 2.45 bits per heavy atom. The summed E-state index contributed by atoms with van der Waals surface area (Å²) in [6.45, 7) is 8.72. The van der Waals surface area contributed by atoms with Crippen LogP contribution in [0.2, 0.25) is 0 Å². The predicted molar refractivity (Wildman–Crippen MR) is 181 cm³/mol. The summed E-state index contributed by atoms with van der Waals surface area (Å²) in [4.78, 5) is 27.7. The minimum atomic E-state index is -3.76. The average molecular weight is 668 g/mol. The number of nitrogens with two attached hydrogens (primary N) is 1. The zero-order valence-corrected chi connectivity index (χ0v) is 28.1. The van der Waals surface area contributed by atoms with Gasteiger partial charge >= 0.3 is 0 Å². The Kier molecular flexibility index (Phi) is 9.64. The minimum Gasteiger partial charge on any atom is -0.382 e. The molecule has 254 valence electrons. The molecule has 1 saturated heterocycles. The summed E-state index contributed by atoms with van der Waals surface area (Å²) in [5.74, 6) is -1.05. The van der Waals surface area contributed by atoms with E-state index in [9.17, 15) is 22.4 Å². The van der Waals surface area contributed by atoms with E-state index in [1.807, 2.05) is 19.9 Å². The highest BCUT2D eigenvalue weighted by Gasteiger charge is 2.42. The van der Waals surface area contributed by atoms with Gasteiger partial charge in [0, 0.05) is 60.5 Å². The highest BCUT2D eigenvalue weighted by Crippen LogP contribution is 2.46. The normalized spacial score (nSPS) is 22.4. The Labute approximate surface area is 276 Å². The third kappa shape index (κ3) is 6.77. The number of ether oxygens (including phenoxy) is 1. The van der Waals surface area contributed by atoms with E-state index in [1.54, 1.807) is 18.2 Å². The Bertz CT molecular complexity index is 1760. The van der Waals surface area contributed by atoms with Crippen LogP contribution in [0.5, 0.6) is 0 Å². The number of halogens is 1. The molecule has 4 N–H and O–H groups in total. The Morgan fingerprint density at radius 2 is 1.77 bits per heavy atom. The van der Waals surface area contributed by atoms with E-state index < -0.39 is 27.2 Å². The first kappa shape index (κ1) is 33.4. The van der Waals surface area contributed by atoms with Crippen molar-refractivity contribution in [1.82, 2.24) is 14.2 Å². The number of carbonyl (C=O) groups is 2. The van der Waals surface area contributed by atoms with Gasteiger partial charge in [-0.1, -0.05) is 19.9 Å². The third-order valence-corrected chi connectivity index (χ3v) is 12.6. The molecule has 10 nitrogen and oxygen atoms in total. The first-order valence-electron chi connectivity index (χ1n) is 16.9. The van der Waals surface area contributed by atoms with Crippen LogP contribution in [-0.2, 0) is 26.0 Å². The molecule has 0 atom stereocenters. The lowest BCUT2D eigenvalue weighted by Crippen LogP contribution is -2.43. The number of primary amides is 1. The van der Waals surface area contributed by atoms with Crippen molar-refractivity contribution in [3.8, 4) is 11.1 Å². The lowest BCUT2D eigenvalue weighted by atomic mass is 9.78. The molecular weight excluding hydrogens is 621 g/mol. The number of fused-ring (bicyclic) bond motifs is 3. The first-order chi connectivity index (χ1) is 22.5. The summed E-state index contributed by atoms with van der Waals surface area (Å²) < 4.78 is 48.8. The van der Waals surface area contributed by atoms with Crippen LogP contribution in [0.4, 0.5) is 10.1 Å². The monoisotopic (exact) mass is 667 g/mol. The topological polar surface area (TPSA) is 136 Å². The van der Waals surface area contributed by atoms with Gasteiger partial charge in [-0.25, -0.2) is 16.8 Å². The molecule has 3 heterocycles. The smallest absolute Gasteiger partial charge is 0.250 e. The maximum Gasteiger partial charge on any atom is 0.250 e. The van der Waals surface area contributed by atoms with Gasteiger partial charge in [-0.3, -0.25) is 14.5 Å². The summed E-state index contributed by atoms with van der Waals surface area (Å²) in [5, 5.41) is 7.28. The lowest BCUT2D eigenvalue weighted by molar-refractivity contribution is -0.126. The molecule has 0 bridgehead atoms. The third-order valence-electron chi connectivity index (χ3n) is 10.7. The number of hydrogen-bond acceptors (Lipinski definition) is 7. The lowest BCUT2D eigenvalue weighted by Gasteiger charge is -2.36. The molecule has 2 aromatic carbocycles. The van der Waals surface area contributed by atoms with E-state index in [0.717, 1.165) is 69.7 Å². The second-order valence-corrected chi connectivity index (χ2v) is 15.3. The summed E-state index contributed by atoms with van der Waals surface area (Å²) in [6, 6.07) is 9.65. The Balaban J connectivity index is 1.25. The van der Waals surface area contributed by atoms with Gasteiger partial charge in [0.1, 0.15) is 5.82 Å². The number of aromatic nitrogens is 1. The number of benzene rings is 2. The second-order valence-electron chi connectivity index (χ2n) is 13.5. The van der Waals surface area contributed by atoms with Crippen LogP contribution in [0.1, 0.15) is 68.4 Å². The van der Waals surface area contributed by atoms with Gasteiger partial charge in [-0.05, 0) is 86.3 Å². The number of nitrogens with zero attached hydrogens (tertiary/aromatic N) is 2. The molecule has 6 rings (SSSR count). The van der Waals surface area contributed by atoms with Crippen LogP contribution in [0.25, 0.3) is 22.0 Å². The number of anilines is 1. The molecule has 3 aromatic rings. The van der Waals surface area contributed by atoms with Crippen LogP contribution in [-0.4, -0.2) is 80.3 Å². The number of hydrogen-bond donors (Lipinski definition) is 3. The fourth-order valence-corrected chi connectivity index (χ4v) is 10.1. The number of amides is 2. The van der Waals surface area contributed by atoms with Crippen LogP contribution in [0, 0.1) is 17.2 Å². The molecule has 1 aliphatic carbocycles. The maximum atomic E-state index is 14.5. The largest absolute Gasteiger partial charge is 0.382 e. The quantitative estimate of drug-likeness (QED) is 0.290. The molecule has 0 spiro atoms. The number of morpholine rings is 1. The van der Waals surface area contributed by atoms with Crippen molar-refractivity contribution < 1.29 is 27.1 Å². The van der Waals surface area contributed by atoms with Crippen molar-refractivity contribution in [1.29, 1.82) is 0 Å². The van der Waals surface area contributed by atoms with Crippen LogP contribution in [0.3, 0.4) is 0 Å². The maximum absolute atomic E-state index is 14.5. The van der Waals surface area contributed by atoms with Crippen LogP contribution >= 0.6 is 0 Å². The van der Waals surface area contributed by atoms with Gasteiger partial charge < -0.3 is 21.1 Å². The van der Waals surface area contributed by atoms with Gasteiger partial charge in [-0.2, -0.15) is 0 Å². The van der Waals surface area contributed by atoms with Gasteiger partial charge in [0.05, 0.1) is 30.0 Å². The van der Waals surface area contributed by atoms with Crippen LogP contribution < -0.4 is 16.4 Å². The van der Waals surface area contributed by atoms with E-state index in [2.05, 4.69) is 15.5 Å². The molecule has 47 heavy (non-hydrogen) atoms. The zero-order chi connectivity index (χ0) is 33.3. The molecule has 12 heteroatoms. The number of nitrogens with one attached hydrogen (secondary N) is 2. The molecule has 0 radical (unpaired) electrons. The fraction of sp³-hybridized carbons (Fsp3) is 0.543. The SMILES string of the molecule is CCC1(CC)Cc2c(-c3ccc(C(N)=O)c(NC4CCC(C(=O)NCCN5CCOCC5)CC4)c3)c3ccc(F)cc3n2S(=O)(=O)C1. The van der Waals surface area contributed by atoms with Crippen molar-refractivity contribution >= 4 is 38.4 Å². The van der Waals surface area contributed by atoms with E-state index in [4.69, 9.17) is 10.5 Å². The van der Waals surface area contributed by atoms with Gasteiger partial charge in [0.2, 0.25) is 15.9 Å². The number of carbonyl (C=O) groups excluding carboxylic acids is 2. The summed E-state index contributed by atoms with van der Waals surface area (Å²) in [5.41, 5.74) is 8.70. The minimum absolute atomic E-state index is 0.00171. The van der Waals surface area contributed by atoms with E-state index in [-0.39, 0.29) is 23.6 Å². The number of rotatable bonds is 10. The molecule has 2 fully saturated rings. The van der Waals surface area contributed by atoms with E-state index in [1.165, 1.54) is 16.1 Å². The molecule has 1 aromatic heterocycles. The molecule has 2 aliphatic heterocycles. The van der Waals surface area contributed by atoms with Crippen molar-refractivity contribution in [2.24, 2.45) is 17.1 Å². The van der Waals surface area contributed by atoms with Crippen molar-refractivity contribution in [2.45, 2.75) is 64.8 Å². The fourth-order valence-electron chi connectivity index (χ4n) is 7.71. The second kappa shape index (κ2) is 13.6. The zero-order valence-electron chi connectivity index (χ0n) is 27.3. The van der Waals surface area contributed by atoms with Gasteiger partial charge in [0.15, 0.2) is 0 Å². The van der Waals surface area contributed by atoms with Crippen LogP contribution in [0.15, 0.2) is 36.4 Å². The van der Waals surface area contributed by atoms with Gasteiger partial charge in [0.25, 0.3) is 5.91 Å². The summed E-state index contributed by atoms with van der Waals surface area (Å²) in [6.07, 6.45) is 4.88. The van der Waals surface area contributed by atoms with Crippen molar-refractivity contribution in [3.05, 3.63) is 53.5 Å². The van der Waals surface area contributed by atoms with Gasteiger partial charge in [-0.15, -0.1) is 0 Å². The van der Waals surface area contributed by atoms with Crippen molar-refractivity contribution in [3.63, 3.8) is 0 Å². The summed E-state index contributed by atoms with van der Waals surface area (Å²) >= 11 is 0. The molecule has 3 aliphatic rings. The summed E-state index contributed by atoms with van der Waals surface area (Å²) in [7, 11) is -3.76. The molecule has 0 unspecified atom stereocenters. The van der Waals surface area contributed by atoms with Crippen molar-refractivity contribution in [2.75, 3.05) is 50.5 Å². The first-order valence-corrected chi connectivity index (χ1v) is 18.5. The highest BCUT2D eigenvalue weighted by atomic mass is 32.2. The standard InChI is InChI=1S/C35H46FN5O5S/c1-3-35(4-2)21-31-32(28-12-8-25(36)20-30(28)41(31)47(44,45)22-35)24-7-11-27(33(37)42)29(19-24)39-26-9-5-23(6-10-26)34(43)38-13-14-40-15-17-46-18-16-40/h7-8,11-12,19-20,23,26,39H,3-6,9-10,13-18,21-22H2,1-2H3,(H2,37,42)(H,38,43). The Morgan fingerprint density at radius 1 is 1.04 bits per heavy atom. The van der Waals surface area contributed by atoms with E-state index in [0.29, 0.717) is 53.7 Å². The predicted octanol–water partition coefficient (Wildman–Crippen LogP) is 4.51. The molecule has 2 amide bonds. The van der Waals surface area contributed by atoms with E-state index >= 15 is 0 Å². The molecular formula is C35H46FN5O5S. The molecule has 1 saturated carbocycles. The highest BCUT2D eigenvalue weighted by molar-refractivity contribution is 7.90. The average Bonchev–Trinajstić information content (AvgIpc) is 3.38.